The van der Waals surface area contributed by atoms with Crippen LogP contribution in [0.4, 0.5) is 0 Å². The second-order valence-corrected chi connectivity index (χ2v) is 6.27. The third-order valence-corrected chi connectivity index (χ3v) is 4.68. The highest BCUT2D eigenvalue weighted by Crippen LogP contribution is 2.21. The number of sulfonamides is 1. The average molecular weight is 266 g/mol. The van der Waals surface area contributed by atoms with E-state index in [1.165, 1.54) is 18.2 Å². The maximum Gasteiger partial charge on any atom is 0.242 e. The average Bonchev–Trinajstić information content (AvgIpc) is 2.40. The van der Waals surface area contributed by atoms with Crippen molar-refractivity contribution in [3.05, 3.63) is 36.2 Å². The first-order valence-electron chi connectivity index (χ1n) is 6.21. The summed E-state index contributed by atoms with van der Waals surface area (Å²) < 4.78 is 26.9. The normalized spacial score (nSPS) is 18.2. The van der Waals surface area contributed by atoms with E-state index in [0.29, 0.717) is 0 Å². The minimum atomic E-state index is -3.46. The molecule has 1 heterocycles. The molecule has 1 N–H and O–H groups in total. The van der Waals surface area contributed by atoms with Crippen molar-refractivity contribution in [3.63, 3.8) is 0 Å². The Balaban J connectivity index is 2.11. The fourth-order valence-corrected chi connectivity index (χ4v) is 3.35. The van der Waals surface area contributed by atoms with Gasteiger partial charge in [0.1, 0.15) is 4.90 Å². The van der Waals surface area contributed by atoms with Crippen molar-refractivity contribution in [1.29, 1.82) is 0 Å². The molecule has 18 heavy (non-hydrogen) atoms. The molecule has 2 rings (SSSR count). The molecule has 1 aliphatic carbocycles. The molecular weight excluding hydrogens is 248 g/mol. The van der Waals surface area contributed by atoms with Crippen LogP contribution in [0.2, 0.25) is 0 Å². The van der Waals surface area contributed by atoms with E-state index in [-0.39, 0.29) is 10.9 Å². The maximum absolute atomic E-state index is 12.1. The van der Waals surface area contributed by atoms with Crippen LogP contribution < -0.4 is 4.72 Å². The van der Waals surface area contributed by atoms with Gasteiger partial charge in [-0.2, -0.15) is 0 Å². The van der Waals surface area contributed by atoms with E-state index < -0.39 is 10.0 Å². The Hall–Kier alpha value is -1.20. The van der Waals surface area contributed by atoms with Crippen LogP contribution in [0.5, 0.6) is 0 Å². The van der Waals surface area contributed by atoms with E-state index in [9.17, 15) is 8.42 Å². The van der Waals surface area contributed by atoms with Crippen LogP contribution in [0.3, 0.4) is 0 Å². The van der Waals surface area contributed by atoms with Crippen LogP contribution in [-0.2, 0) is 10.0 Å². The molecule has 0 aliphatic heterocycles. The van der Waals surface area contributed by atoms with E-state index in [1.807, 2.05) is 6.92 Å². The van der Waals surface area contributed by atoms with Gasteiger partial charge in [-0.25, -0.2) is 13.1 Å². The van der Waals surface area contributed by atoms with Crippen LogP contribution >= 0.6 is 0 Å². The second-order valence-electron chi connectivity index (χ2n) is 4.56. The summed E-state index contributed by atoms with van der Waals surface area (Å²) in [6, 6.07) is 3.03. The number of rotatable bonds is 4. The predicted molar refractivity (Wildman–Crippen MR) is 70.6 cm³/mol. The number of allylic oxidation sites excluding steroid dienone is 1. The molecular formula is C13H18N2O2S. The van der Waals surface area contributed by atoms with Gasteiger partial charge in [0, 0.05) is 18.4 Å². The van der Waals surface area contributed by atoms with Gasteiger partial charge in [0.2, 0.25) is 10.0 Å². The van der Waals surface area contributed by atoms with E-state index >= 15 is 0 Å². The first-order chi connectivity index (χ1) is 8.59. The predicted octanol–water partition coefficient (Wildman–Crippen LogP) is 2.25. The Bertz CT molecular complexity index is 523. The highest BCUT2D eigenvalue weighted by atomic mass is 32.2. The van der Waals surface area contributed by atoms with E-state index in [0.717, 1.165) is 19.3 Å². The Morgan fingerprint density at radius 1 is 1.39 bits per heavy atom. The topological polar surface area (TPSA) is 59.1 Å². The lowest BCUT2D eigenvalue weighted by Gasteiger charge is -2.20. The summed E-state index contributed by atoms with van der Waals surface area (Å²) in [5, 5.41) is 0. The molecule has 4 nitrogen and oxygen atoms in total. The molecule has 0 bridgehead atoms. The Kier molecular flexibility index (Phi) is 4.14. The quantitative estimate of drug-likeness (QED) is 0.850. The van der Waals surface area contributed by atoms with Crippen LogP contribution in [0.15, 0.2) is 41.1 Å². The molecule has 0 radical (unpaired) electrons. The van der Waals surface area contributed by atoms with Gasteiger partial charge >= 0.3 is 0 Å². The van der Waals surface area contributed by atoms with E-state index in [4.69, 9.17) is 0 Å². The number of aromatic nitrogens is 1. The van der Waals surface area contributed by atoms with E-state index in [1.54, 1.807) is 18.3 Å². The molecule has 0 fully saturated rings. The minimum absolute atomic E-state index is 0.143. The molecule has 98 valence electrons. The van der Waals surface area contributed by atoms with Crippen molar-refractivity contribution in [2.24, 2.45) is 0 Å². The minimum Gasteiger partial charge on any atom is -0.263 e. The largest absolute Gasteiger partial charge is 0.263 e. The van der Waals surface area contributed by atoms with Gasteiger partial charge in [0.25, 0.3) is 0 Å². The second kappa shape index (κ2) is 5.63. The van der Waals surface area contributed by atoms with Gasteiger partial charge < -0.3 is 0 Å². The molecule has 1 aromatic rings. The summed E-state index contributed by atoms with van der Waals surface area (Å²) in [5.41, 5.74) is 1.19. The molecule has 5 heteroatoms. The van der Waals surface area contributed by atoms with E-state index in [2.05, 4.69) is 15.8 Å². The number of pyridine rings is 1. The number of nitrogens with one attached hydrogen (secondary N) is 1. The highest BCUT2D eigenvalue weighted by molar-refractivity contribution is 7.89. The Morgan fingerprint density at radius 3 is 2.83 bits per heavy atom. The van der Waals surface area contributed by atoms with Crippen LogP contribution in [0, 0.1) is 0 Å². The van der Waals surface area contributed by atoms with Gasteiger partial charge in [-0.05, 0) is 44.7 Å². The molecule has 1 aromatic heterocycles. The first kappa shape index (κ1) is 13.2. The zero-order chi connectivity index (χ0) is 13.0. The van der Waals surface area contributed by atoms with Gasteiger partial charge in [-0.3, -0.25) is 4.98 Å². The van der Waals surface area contributed by atoms with Gasteiger partial charge in [-0.1, -0.05) is 11.6 Å². The summed E-state index contributed by atoms with van der Waals surface area (Å²) in [5.74, 6) is 0. The fourth-order valence-electron chi connectivity index (χ4n) is 2.14. The molecule has 1 atom stereocenters. The molecule has 0 saturated heterocycles. The third kappa shape index (κ3) is 3.17. The molecule has 0 spiro atoms. The lowest BCUT2D eigenvalue weighted by atomic mass is 9.95. The van der Waals surface area contributed by atoms with Crippen molar-refractivity contribution in [3.8, 4) is 0 Å². The summed E-state index contributed by atoms with van der Waals surface area (Å²) in [7, 11) is -3.46. The van der Waals surface area contributed by atoms with Crippen molar-refractivity contribution in [2.45, 2.75) is 43.5 Å². The van der Waals surface area contributed by atoms with Crippen molar-refractivity contribution >= 4 is 10.0 Å². The number of nitrogens with zero attached hydrogens (tertiary/aromatic N) is 1. The van der Waals surface area contributed by atoms with Crippen molar-refractivity contribution in [1.82, 2.24) is 9.71 Å². The summed E-state index contributed by atoms with van der Waals surface area (Å²) in [4.78, 5) is 4.05. The monoisotopic (exact) mass is 266 g/mol. The summed E-state index contributed by atoms with van der Waals surface area (Å²) in [6.45, 7) is 1.89. The highest BCUT2D eigenvalue weighted by Gasteiger charge is 2.20. The molecule has 0 saturated carbocycles. The zero-order valence-corrected chi connectivity index (χ0v) is 11.3. The SMILES string of the molecule is C[C@H](NS(=O)(=O)c1cccnc1)C1=CCCCC1. The molecule has 0 amide bonds. The molecule has 0 unspecified atom stereocenters. The number of hydrogen-bond acceptors (Lipinski definition) is 3. The number of hydrogen-bond donors (Lipinski definition) is 1. The van der Waals surface area contributed by atoms with Gasteiger partial charge in [0.15, 0.2) is 0 Å². The van der Waals surface area contributed by atoms with Crippen molar-refractivity contribution < 1.29 is 8.42 Å². The van der Waals surface area contributed by atoms with Crippen LogP contribution in [-0.4, -0.2) is 19.4 Å². The Morgan fingerprint density at radius 2 is 2.22 bits per heavy atom. The van der Waals surface area contributed by atoms with Gasteiger partial charge in [0.05, 0.1) is 0 Å². The zero-order valence-electron chi connectivity index (χ0n) is 10.5. The Labute approximate surface area is 108 Å². The summed E-state index contributed by atoms with van der Waals surface area (Å²) in [6.07, 6.45) is 9.46. The third-order valence-electron chi connectivity index (χ3n) is 3.16. The lowest BCUT2D eigenvalue weighted by Crippen LogP contribution is -2.34. The molecule has 1 aliphatic rings. The maximum atomic E-state index is 12.1. The fraction of sp³-hybridized carbons (Fsp3) is 0.462. The van der Waals surface area contributed by atoms with Crippen molar-refractivity contribution in [2.75, 3.05) is 0 Å². The molecule has 0 aromatic carbocycles. The van der Waals surface area contributed by atoms with Crippen LogP contribution in [0.1, 0.15) is 32.6 Å². The smallest absolute Gasteiger partial charge is 0.242 e. The standard InChI is InChI=1S/C13H18N2O2S/c1-11(12-6-3-2-4-7-12)15-18(16,17)13-8-5-9-14-10-13/h5-6,8-11,15H,2-4,7H2,1H3/t11-/m0/s1. The van der Waals surface area contributed by atoms with Crippen LogP contribution in [0.25, 0.3) is 0 Å². The summed E-state index contributed by atoms with van der Waals surface area (Å²) >= 11 is 0. The van der Waals surface area contributed by atoms with Gasteiger partial charge in [-0.15, -0.1) is 0 Å². The lowest BCUT2D eigenvalue weighted by molar-refractivity contribution is 0.563. The first-order valence-corrected chi connectivity index (χ1v) is 7.69.